The SMILES string of the molecule is OC(=COC=C(O)C1CCCCC1)C1CCCCC1. The normalized spacial score (nSPS) is 24.4. The zero-order chi connectivity index (χ0) is 13.5. The quantitative estimate of drug-likeness (QED) is 0.707. The first-order valence-corrected chi connectivity index (χ1v) is 7.71. The molecule has 0 spiro atoms. The first kappa shape index (κ1) is 14.3. The van der Waals surface area contributed by atoms with E-state index in [-0.39, 0.29) is 11.8 Å². The molecule has 0 bridgehead atoms. The van der Waals surface area contributed by atoms with E-state index in [1.807, 2.05) is 0 Å². The van der Waals surface area contributed by atoms with Gasteiger partial charge in [0.15, 0.2) is 0 Å². The van der Waals surface area contributed by atoms with Crippen molar-refractivity contribution >= 4 is 0 Å². The molecule has 108 valence electrons. The van der Waals surface area contributed by atoms with Crippen LogP contribution >= 0.6 is 0 Å². The second-order valence-electron chi connectivity index (χ2n) is 5.89. The summed E-state index contributed by atoms with van der Waals surface area (Å²) in [5, 5.41) is 19.8. The lowest BCUT2D eigenvalue weighted by atomic mass is 9.88. The molecule has 0 aromatic rings. The van der Waals surface area contributed by atoms with Gasteiger partial charge in [-0.3, -0.25) is 0 Å². The van der Waals surface area contributed by atoms with Crippen molar-refractivity contribution < 1.29 is 14.9 Å². The molecule has 0 aromatic heterocycles. The molecule has 3 heteroatoms. The summed E-state index contributed by atoms with van der Waals surface area (Å²) in [5.41, 5.74) is 0. The molecule has 19 heavy (non-hydrogen) atoms. The molecule has 2 fully saturated rings. The molecule has 0 atom stereocenters. The third-order valence-electron chi connectivity index (χ3n) is 4.42. The Kier molecular flexibility index (Phi) is 5.62. The van der Waals surface area contributed by atoms with E-state index in [1.165, 1.54) is 51.0 Å². The van der Waals surface area contributed by atoms with Gasteiger partial charge in [0.1, 0.15) is 24.0 Å². The van der Waals surface area contributed by atoms with Crippen molar-refractivity contribution in [3.63, 3.8) is 0 Å². The van der Waals surface area contributed by atoms with Gasteiger partial charge in [-0.25, -0.2) is 0 Å². The van der Waals surface area contributed by atoms with Crippen molar-refractivity contribution in [2.75, 3.05) is 0 Å². The molecule has 0 radical (unpaired) electrons. The topological polar surface area (TPSA) is 49.7 Å². The number of aliphatic hydroxyl groups is 2. The maximum atomic E-state index is 9.92. The van der Waals surface area contributed by atoms with Crippen LogP contribution in [-0.2, 0) is 4.74 Å². The average molecular weight is 266 g/mol. The van der Waals surface area contributed by atoms with Crippen LogP contribution in [0.25, 0.3) is 0 Å². The lowest BCUT2D eigenvalue weighted by Crippen LogP contribution is -2.10. The van der Waals surface area contributed by atoms with Gasteiger partial charge in [-0.05, 0) is 25.7 Å². The Morgan fingerprint density at radius 3 is 1.42 bits per heavy atom. The summed E-state index contributed by atoms with van der Waals surface area (Å²) in [5.74, 6) is 1.15. The highest BCUT2D eigenvalue weighted by atomic mass is 16.5. The van der Waals surface area contributed by atoms with Gasteiger partial charge >= 0.3 is 0 Å². The molecule has 0 heterocycles. The van der Waals surface area contributed by atoms with Crippen LogP contribution in [0.3, 0.4) is 0 Å². The van der Waals surface area contributed by atoms with Gasteiger partial charge in [-0.2, -0.15) is 0 Å². The van der Waals surface area contributed by atoms with E-state index in [2.05, 4.69) is 0 Å². The minimum absolute atomic E-state index is 0.249. The first-order chi connectivity index (χ1) is 9.27. The molecular weight excluding hydrogens is 240 g/mol. The highest BCUT2D eigenvalue weighted by Crippen LogP contribution is 2.29. The molecule has 2 rings (SSSR count). The van der Waals surface area contributed by atoms with Crippen molar-refractivity contribution in [2.24, 2.45) is 11.8 Å². The van der Waals surface area contributed by atoms with Gasteiger partial charge in [-0.1, -0.05) is 38.5 Å². The van der Waals surface area contributed by atoms with E-state index >= 15 is 0 Å². The van der Waals surface area contributed by atoms with Gasteiger partial charge in [0.05, 0.1) is 0 Å². The summed E-state index contributed by atoms with van der Waals surface area (Å²) in [6, 6.07) is 0. The van der Waals surface area contributed by atoms with Crippen LogP contribution in [0.2, 0.25) is 0 Å². The van der Waals surface area contributed by atoms with Crippen molar-refractivity contribution in [2.45, 2.75) is 64.2 Å². The highest BCUT2D eigenvalue weighted by molar-refractivity contribution is 4.98. The smallest absolute Gasteiger partial charge is 0.130 e. The molecule has 0 saturated heterocycles. The number of ether oxygens (including phenoxy) is 1. The maximum Gasteiger partial charge on any atom is 0.130 e. The van der Waals surface area contributed by atoms with Crippen LogP contribution in [0, 0.1) is 11.8 Å². The monoisotopic (exact) mass is 266 g/mol. The minimum atomic E-state index is 0.249. The van der Waals surface area contributed by atoms with E-state index in [9.17, 15) is 10.2 Å². The first-order valence-electron chi connectivity index (χ1n) is 7.71. The zero-order valence-electron chi connectivity index (χ0n) is 11.7. The van der Waals surface area contributed by atoms with Crippen LogP contribution in [-0.4, -0.2) is 10.2 Å². The fraction of sp³-hybridized carbons (Fsp3) is 0.750. The molecule has 0 aromatic carbocycles. The van der Waals surface area contributed by atoms with Crippen molar-refractivity contribution in [1.29, 1.82) is 0 Å². The summed E-state index contributed by atoms with van der Waals surface area (Å²) < 4.78 is 5.24. The van der Waals surface area contributed by atoms with Crippen LogP contribution < -0.4 is 0 Å². The van der Waals surface area contributed by atoms with Gasteiger partial charge in [0, 0.05) is 11.8 Å². The zero-order valence-corrected chi connectivity index (χ0v) is 11.7. The summed E-state index contributed by atoms with van der Waals surface area (Å²) in [6.45, 7) is 0. The highest BCUT2D eigenvalue weighted by Gasteiger charge is 2.19. The second-order valence-corrected chi connectivity index (χ2v) is 5.89. The molecule has 2 aliphatic rings. The predicted molar refractivity (Wildman–Crippen MR) is 75.7 cm³/mol. The Bertz CT molecular complexity index is 289. The van der Waals surface area contributed by atoms with Crippen molar-refractivity contribution in [1.82, 2.24) is 0 Å². The third-order valence-corrected chi connectivity index (χ3v) is 4.42. The molecule has 2 N–H and O–H groups in total. The van der Waals surface area contributed by atoms with Crippen LogP contribution in [0.5, 0.6) is 0 Å². The molecule has 0 unspecified atom stereocenters. The van der Waals surface area contributed by atoms with Crippen LogP contribution in [0.1, 0.15) is 64.2 Å². The average Bonchev–Trinajstić information content (AvgIpc) is 2.49. The number of hydrogen-bond donors (Lipinski definition) is 2. The maximum absolute atomic E-state index is 9.92. The molecule has 2 saturated carbocycles. The number of rotatable bonds is 4. The van der Waals surface area contributed by atoms with E-state index in [0.717, 1.165) is 25.7 Å². The Hall–Kier alpha value is -1.12. The number of aliphatic hydroxyl groups excluding tert-OH is 2. The lowest BCUT2D eigenvalue weighted by Gasteiger charge is -2.21. The van der Waals surface area contributed by atoms with Crippen LogP contribution in [0.4, 0.5) is 0 Å². The molecule has 0 amide bonds. The molecular formula is C16H26O3. The van der Waals surface area contributed by atoms with Gasteiger partial charge in [0.25, 0.3) is 0 Å². The minimum Gasteiger partial charge on any atom is -0.509 e. The summed E-state index contributed by atoms with van der Waals surface area (Å²) in [4.78, 5) is 0. The largest absolute Gasteiger partial charge is 0.509 e. The molecule has 3 nitrogen and oxygen atoms in total. The third kappa shape index (κ3) is 4.48. The Balaban J connectivity index is 1.79. The van der Waals surface area contributed by atoms with E-state index in [0.29, 0.717) is 11.5 Å². The second kappa shape index (κ2) is 7.46. The number of hydrogen-bond acceptors (Lipinski definition) is 3. The molecule has 0 aliphatic heterocycles. The Morgan fingerprint density at radius 2 is 1.05 bits per heavy atom. The fourth-order valence-corrected chi connectivity index (χ4v) is 3.16. The van der Waals surface area contributed by atoms with Crippen LogP contribution in [0.15, 0.2) is 24.0 Å². The van der Waals surface area contributed by atoms with E-state index in [4.69, 9.17) is 4.74 Å². The van der Waals surface area contributed by atoms with Gasteiger partial charge < -0.3 is 14.9 Å². The predicted octanol–water partition coefficient (Wildman–Crippen LogP) is 4.96. The molecule has 2 aliphatic carbocycles. The fourth-order valence-electron chi connectivity index (χ4n) is 3.16. The van der Waals surface area contributed by atoms with E-state index in [1.54, 1.807) is 0 Å². The summed E-state index contributed by atoms with van der Waals surface area (Å²) >= 11 is 0. The number of allylic oxidation sites excluding steroid dienone is 2. The van der Waals surface area contributed by atoms with Crippen molar-refractivity contribution in [3.8, 4) is 0 Å². The van der Waals surface area contributed by atoms with Gasteiger partial charge in [0.2, 0.25) is 0 Å². The Morgan fingerprint density at radius 1 is 0.684 bits per heavy atom. The Labute approximate surface area is 116 Å². The summed E-state index contributed by atoms with van der Waals surface area (Å²) in [7, 11) is 0. The van der Waals surface area contributed by atoms with E-state index < -0.39 is 0 Å². The standard InChI is InChI=1S/C16H26O3/c17-15(13-7-3-1-4-8-13)11-19-12-16(18)14-9-5-2-6-10-14/h11-14,17-18H,1-10H2. The van der Waals surface area contributed by atoms with Crippen molar-refractivity contribution in [3.05, 3.63) is 24.0 Å². The summed E-state index contributed by atoms with van der Waals surface area (Å²) in [6.07, 6.45) is 14.3. The lowest BCUT2D eigenvalue weighted by molar-refractivity contribution is 0.228. The van der Waals surface area contributed by atoms with Gasteiger partial charge in [-0.15, -0.1) is 0 Å².